The summed E-state index contributed by atoms with van der Waals surface area (Å²) < 4.78 is 1.73. The monoisotopic (exact) mass is 294 g/mol. The third-order valence-corrected chi connectivity index (χ3v) is 3.36. The van der Waals surface area contributed by atoms with Gasteiger partial charge in [-0.3, -0.25) is 9.67 Å². The van der Waals surface area contributed by atoms with Gasteiger partial charge < -0.3 is 10.0 Å². The summed E-state index contributed by atoms with van der Waals surface area (Å²) in [4.78, 5) is 6.26. The van der Waals surface area contributed by atoms with E-state index in [4.69, 9.17) is 11.6 Å². The van der Waals surface area contributed by atoms with Gasteiger partial charge >= 0.3 is 0 Å². The Labute approximate surface area is 123 Å². The zero-order chi connectivity index (χ0) is 14.7. The van der Waals surface area contributed by atoms with Crippen LogP contribution in [0.25, 0.3) is 0 Å². The standard InChI is InChI=1S/C14H19ClN4O/c1-10-4-5-16-12(8-10)14(20)13-11(15)9-17-19(13)7-6-18(2)3/h4-5,8-9,14,20H,6-7H2,1-3H3. The van der Waals surface area contributed by atoms with Crippen molar-refractivity contribution >= 4 is 11.6 Å². The number of pyridine rings is 1. The molecule has 20 heavy (non-hydrogen) atoms. The van der Waals surface area contributed by atoms with Gasteiger partial charge in [-0.15, -0.1) is 0 Å². The normalized spacial score (nSPS) is 12.9. The van der Waals surface area contributed by atoms with Crippen LogP contribution in [0.2, 0.25) is 5.02 Å². The van der Waals surface area contributed by atoms with E-state index in [0.717, 1.165) is 12.1 Å². The fraction of sp³-hybridized carbons (Fsp3) is 0.429. The number of nitrogens with zero attached hydrogens (tertiary/aromatic N) is 4. The van der Waals surface area contributed by atoms with Crippen molar-refractivity contribution in [1.82, 2.24) is 19.7 Å². The molecule has 0 fully saturated rings. The van der Waals surface area contributed by atoms with Gasteiger partial charge in [0.15, 0.2) is 0 Å². The number of halogens is 1. The molecule has 0 saturated heterocycles. The SMILES string of the molecule is Cc1ccnc(C(O)c2c(Cl)cnn2CCN(C)C)c1. The second-order valence-electron chi connectivity index (χ2n) is 5.06. The Kier molecular flexibility index (Phi) is 4.75. The minimum absolute atomic E-state index is 0.458. The van der Waals surface area contributed by atoms with Crippen LogP contribution in [0.15, 0.2) is 24.5 Å². The molecule has 2 rings (SSSR count). The number of aromatic nitrogens is 3. The van der Waals surface area contributed by atoms with Crippen molar-refractivity contribution in [3.8, 4) is 0 Å². The lowest BCUT2D eigenvalue weighted by molar-refractivity contribution is 0.201. The smallest absolute Gasteiger partial charge is 0.139 e. The van der Waals surface area contributed by atoms with Crippen molar-refractivity contribution in [3.05, 3.63) is 46.5 Å². The van der Waals surface area contributed by atoms with Crippen LogP contribution in [-0.2, 0) is 6.54 Å². The lowest BCUT2D eigenvalue weighted by atomic mass is 10.1. The quantitative estimate of drug-likeness (QED) is 0.915. The van der Waals surface area contributed by atoms with E-state index in [-0.39, 0.29) is 0 Å². The molecule has 2 heterocycles. The second-order valence-corrected chi connectivity index (χ2v) is 5.47. The van der Waals surface area contributed by atoms with Gasteiger partial charge in [-0.1, -0.05) is 11.6 Å². The number of hydrogen-bond acceptors (Lipinski definition) is 4. The van der Waals surface area contributed by atoms with E-state index in [9.17, 15) is 5.11 Å². The van der Waals surface area contributed by atoms with Gasteiger partial charge in [-0.25, -0.2) is 0 Å². The Bertz CT molecular complexity index is 582. The molecule has 0 aromatic carbocycles. The summed E-state index contributed by atoms with van der Waals surface area (Å²) in [5.74, 6) is 0. The topological polar surface area (TPSA) is 54.2 Å². The summed E-state index contributed by atoms with van der Waals surface area (Å²) in [6.45, 7) is 3.44. The largest absolute Gasteiger partial charge is 0.380 e. The van der Waals surface area contributed by atoms with Crippen LogP contribution >= 0.6 is 11.6 Å². The number of hydrogen-bond donors (Lipinski definition) is 1. The molecule has 0 bridgehead atoms. The van der Waals surface area contributed by atoms with Crippen molar-refractivity contribution in [2.75, 3.05) is 20.6 Å². The van der Waals surface area contributed by atoms with Gasteiger partial charge in [0.05, 0.1) is 29.2 Å². The van der Waals surface area contributed by atoms with Gasteiger partial charge in [0.2, 0.25) is 0 Å². The van der Waals surface area contributed by atoms with E-state index in [1.165, 1.54) is 0 Å². The number of likely N-dealkylation sites (N-methyl/N-ethyl adjacent to an activating group) is 1. The van der Waals surface area contributed by atoms with Crippen LogP contribution < -0.4 is 0 Å². The number of aryl methyl sites for hydroxylation is 1. The number of aliphatic hydroxyl groups is 1. The lowest BCUT2D eigenvalue weighted by Gasteiger charge is -2.16. The summed E-state index contributed by atoms with van der Waals surface area (Å²) >= 11 is 6.16. The molecule has 108 valence electrons. The van der Waals surface area contributed by atoms with Crippen LogP contribution in [0.5, 0.6) is 0 Å². The summed E-state index contributed by atoms with van der Waals surface area (Å²) in [6, 6.07) is 3.74. The first-order chi connectivity index (χ1) is 9.49. The van der Waals surface area contributed by atoms with Gasteiger partial charge in [-0.05, 0) is 38.7 Å². The maximum atomic E-state index is 10.5. The zero-order valence-corrected chi connectivity index (χ0v) is 12.7. The molecule has 0 spiro atoms. The fourth-order valence-corrected chi connectivity index (χ4v) is 2.21. The summed E-state index contributed by atoms with van der Waals surface area (Å²) in [6.07, 6.45) is 2.38. The minimum Gasteiger partial charge on any atom is -0.380 e. The van der Waals surface area contributed by atoms with Crippen LogP contribution in [0.1, 0.15) is 23.1 Å². The first-order valence-electron chi connectivity index (χ1n) is 6.45. The predicted octanol–water partition coefficient (Wildman–Crippen LogP) is 1.88. The Balaban J connectivity index is 2.29. The average Bonchev–Trinajstić information content (AvgIpc) is 2.76. The lowest BCUT2D eigenvalue weighted by Crippen LogP contribution is -2.21. The van der Waals surface area contributed by atoms with Crippen molar-refractivity contribution in [2.24, 2.45) is 0 Å². The molecule has 0 radical (unpaired) electrons. The van der Waals surface area contributed by atoms with E-state index in [0.29, 0.717) is 23.0 Å². The highest BCUT2D eigenvalue weighted by atomic mass is 35.5. The maximum Gasteiger partial charge on any atom is 0.139 e. The summed E-state index contributed by atoms with van der Waals surface area (Å²) in [7, 11) is 3.98. The highest BCUT2D eigenvalue weighted by molar-refractivity contribution is 6.31. The Morgan fingerprint density at radius 1 is 1.45 bits per heavy atom. The molecule has 2 aromatic heterocycles. The Morgan fingerprint density at radius 3 is 2.85 bits per heavy atom. The molecule has 6 heteroatoms. The van der Waals surface area contributed by atoms with Crippen LogP contribution in [0.4, 0.5) is 0 Å². The second kappa shape index (κ2) is 6.35. The van der Waals surface area contributed by atoms with Crippen molar-refractivity contribution in [1.29, 1.82) is 0 Å². The molecule has 0 saturated carbocycles. The first kappa shape index (κ1) is 15.0. The molecule has 0 aliphatic carbocycles. The molecule has 1 N–H and O–H groups in total. The fourth-order valence-electron chi connectivity index (χ4n) is 1.97. The van der Waals surface area contributed by atoms with Gasteiger partial charge in [0.1, 0.15) is 6.10 Å². The van der Waals surface area contributed by atoms with E-state index < -0.39 is 6.10 Å². The molecular weight excluding hydrogens is 276 g/mol. The number of rotatable bonds is 5. The van der Waals surface area contributed by atoms with E-state index >= 15 is 0 Å². The molecule has 5 nitrogen and oxygen atoms in total. The van der Waals surface area contributed by atoms with E-state index in [1.54, 1.807) is 17.1 Å². The van der Waals surface area contributed by atoms with Crippen LogP contribution in [0, 0.1) is 6.92 Å². The maximum absolute atomic E-state index is 10.5. The number of aliphatic hydroxyl groups excluding tert-OH is 1. The summed E-state index contributed by atoms with van der Waals surface area (Å²) in [5.41, 5.74) is 2.22. The van der Waals surface area contributed by atoms with E-state index in [1.807, 2.05) is 33.2 Å². The average molecular weight is 295 g/mol. The summed E-state index contributed by atoms with van der Waals surface area (Å²) in [5, 5.41) is 15.2. The highest BCUT2D eigenvalue weighted by Gasteiger charge is 2.21. The Hall–Kier alpha value is -1.43. The molecule has 1 atom stereocenters. The van der Waals surface area contributed by atoms with Crippen LogP contribution in [0.3, 0.4) is 0 Å². The molecule has 0 amide bonds. The van der Waals surface area contributed by atoms with E-state index in [2.05, 4.69) is 15.0 Å². The van der Waals surface area contributed by atoms with Crippen molar-refractivity contribution in [3.63, 3.8) is 0 Å². The van der Waals surface area contributed by atoms with Crippen molar-refractivity contribution < 1.29 is 5.11 Å². The van der Waals surface area contributed by atoms with Gasteiger partial charge in [-0.2, -0.15) is 5.10 Å². The highest BCUT2D eigenvalue weighted by Crippen LogP contribution is 2.27. The molecule has 0 aliphatic heterocycles. The molecular formula is C14H19ClN4O. The predicted molar refractivity (Wildman–Crippen MR) is 78.8 cm³/mol. The van der Waals surface area contributed by atoms with Crippen molar-refractivity contribution in [2.45, 2.75) is 19.6 Å². The molecule has 1 unspecified atom stereocenters. The Morgan fingerprint density at radius 2 is 2.20 bits per heavy atom. The van der Waals surface area contributed by atoms with Crippen LogP contribution in [-0.4, -0.2) is 45.4 Å². The third-order valence-electron chi connectivity index (χ3n) is 3.07. The minimum atomic E-state index is -0.868. The first-order valence-corrected chi connectivity index (χ1v) is 6.83. The van der Waals surface area contributed by atoms with Gasteiger partial charge in [0.25, 0.3) is 0 Å². The van der Waals surface area contributed by atoms with Gasteiger partial charge in [0, 0.05) is 12.7 Å². The molecule has 2 aromatic rings. The molecule has 0 aliphatic rings. The third kappa shape index (κ3) is 3.36. The zero-order valence-electron chi connectivity index (χ0n) is 11.9.